The molecule has 2 aromatic rings. The van der Waals surface area contributed by atoms with E-state index in [0.29, 0.717) is 36.7 Å². The summed E-state index contributed by atoms with van der Waals surface area (Å²) in [4.78, 5) is 27.2. The first-order chi connectivity index (χ1) is 11.5. The van der Waals surface area contributed by atoms with Crippen LogP contribution in [0, 0.1) is 10.1 Å². The Morgan fingerprint density at radius 2 is 2.21 bits per heavy atom. The van der Waals surface area contributed by atoms with Crippen molar-refractivity contribution in [1.29, 1.82) is 0 Å². The number of rotatable bonds is 9. The smallest absolute Gasteiger partial charge is 0.317 e. The number of nitro benzene ring substituents is 1. The van der Waals surface area contributed by atoms with Crippen LogP contribution in [-0.2, 0) is 11.2 Å². The molecule has 0 aliphatic rings. The van der Waals surface area contributed by atoms with E-state index in [-0.39, 0.29) is 12.2 Å². The van der Waals surface area contributed by atoms with Crippen molar-refractivity contribution in [3.8, 4) is 11.3 Å². The van der Waals surface area contributed by atoms with E-state index < -0.39 is 10.9 Å². The number of aromatic nitrogens is 1. The zero-order valence-corrected chi connectivity index (χ0v) is 13.3. The third kappa shape index (κ3) is 4.88. The lowest BCUT2D eigenvalue weighted by molar-refractivity contribution is -0.384. The molecule has 0 bridgehead atoms. The lowest BCUT2D eigenvalue weighted by Gasteiger charge is -2.18. The van der Waals surface area contributed by atoms with Gasteiger partial charge >= 0.3 is 5.97 Å². The topological polar surface area (TPSA) is 110 Å². The number of carbonyl (C=O) groups is 1. The minimum Gasteiger partial charge on any atom is -0.480 e. The van der Waals surface area contributed by atoms with E-state index in [9.17, 15) is 14.9 Å². The largest absolute Gasteiger partial charge is 0.480 e. The highest BCUT2D eigenvalue weighted by Crippen LogP contribution is 2.24. The lowest BCUT2D eigenvalue weighted by atomic mass is 10.2. The van der Waals surface area contributed by atoms with Gasteiger partial charge in [-0.2, -0.15) is 0 Å². The molecule has 0 aliphatic carbocycles. The molecule has 0 fully saturated rings. The summed E-state index contributed by atoms with van der Waals surface area (Å²) in [5.41, 5.74) is 0.569. The SMILES string of the molecule is CCCN(CCc1ncc(-c2cccc([N+](=O)[O-])c2)o1)CC(=O)O. The quantitative estimate of drug-likeness (QED) is 0.554. The van der Waals surface area contributed by atoms with Crippen LogP contribution in [0.1, 0.15) is 19.2 Å². The standard InChI is InChI=1S/C16H19N3O5/c1-2-7-18(11-16(20)21)8-6-15-17-10-14(24-15)12-4-3-5-13(9-12)19(22)23/h3-5,9-10H,2,6-8,11H2,1H3,(H,20,21). The van der Waals surface area contributed by atoms with Gasteiger partial charge in [0.25, 0.3) is 5.69 Å². The zero-order valence-electron chi connectivity index (χ0n) is 13.3. The molecule has 8 nitrogen and oxygen atoms in total. The Bertz CT molecular complexity index is 713. The van der Waals surface area contributed by atoms with Crippen LogP contribution in [0.15, 0.2) is 34.9 Å². The van der Waals surface area contributed by atoms with E-state index in [1.165, 1.54) is 18.3 Å². The highest BCUT2D eigenvalue weighted by atomic mass is 16.6. The number of benzene rings is 1. The van der Waals surface area contributed by atoms with Crippen LogP contribution in [0.25, 0.3) is 11.3 Å². The summed E-state index contributed by atoms with van der Waals surface area (Å²) in [7, 11) is 0. The average Bonchev–Trinajstić information content (AvgIpc) is 3.01. The number of nitro groups is 1. The number of non-ortho nitro benzene ring substituents is 1. The van der Waals surface area contributed by atoms with Crippen LogP contribution < -0.4 is 0 Å². The van der Waals surface area contributed by atoms with E-state index in [2.05, 4.69) is 4.98 Å². The molecule has 2 rings (SSSR count). The van der Waals surface area contributed by atoms with Gasteiger partial charge in [-0.3, -0.25) is 19.8 Å². The molecule has 8 heteroatoms. The van der Waals surface area contributed by atoms with Gasteiger partial charge in [0, 0.05) is 30.7 Å². The van der Waals surface area contributed by atoms with Crippen LogP contribution in [0.3, 0.4) is 0 Å². The van der Waals surface area contributed by atoms with Crippen molar-refractivity contribution in [1.82, 2.24) is 9.88 Å². The molecule has 1 heterocycles. The highest BCUT2D eigenvalue weighted by Gasteiger charge is 2.13. The van der Waals surface area contributed by atoms with Gasteiger partial charge in [0.15, 0.2) is 11.7 Å². The summed E-state index contributed by atoms with van der Waals surface area (Å²) < 4.78 is 5.63. The molecule has 24 heavy (non-hydrogen) atoms. The summed E-state index contributed by atoms with van der Waals surface area (Å²) in [6, 6.07) is 6.14. The third-order valence-corrected chi connectivity index (χ3v) is 3.44. The maximum Gasteiger partial charge on any atom is 0.317 e. The van der Waals surface area contributed by atoms with Gasteiger partial charge in [-0.25, -0.2) is 4.98 Å². The number of carboxylic acid groups (broad SMARTS) is 1. The molecule has 0 saturated carbocycles. The van der Waals surface area contributed by atoms with E-state index >= 15 is 0 Å². The second-order valence-corrected chi connectivity index (χ2v) is 5.35. The minimum atomic E-state index is -0.867. The van der Waals surface area contributed by atoms with Crippen molar-refractivity contribution in [2.75, 3.05) is 19.6 Å². The normalized spacial score (nSPS) is 10.9. The van der Waals surface area contributed by atoms with Crippen LogP contribution in [0.4, 0.5) is 5.69 Å². The Kier molecular flexibility index (Phi) is 6.02. The average molecular weight is 333 g/mol. The summed E-state index contributed by atoms with van der Waals surface area (Å²) in [6.07, 6.45) is 2.86. The first kappa shape index (κ1) is 17.6. The maximum absolute atomic E-state index is 10.8. The van der Waals surface area contributed by atoms with Crippen molar-refractivity contribution >= 4 is 11.7 Å². The summed E-state index contributed by atoms with van der Waals surface area (Å²) in [5, 5.41) is 19.7. The molecule has 0 saturated heterocycles. The fourth-order valence-corrected chi connectivity index (χ4v) is 2.36. The van der Waals surface area contributed by atoms with Gasteiger partial charge in [-0.15, -0.1) is 0 Å². The summed E-state index contributed by atoms with van der Waals surface area (Å²) >= 11 is 0. The Morgan fingerprint density at radius 1 is 1.42 bits per heavy atom. The second kappa shape index (κ2) is 8.21. The van der Waals surface area contributed by atoms with Gasteiger partial charge in [0.2, 0.25) is 0 Å². The number of nitrogens with zero attached hydrogens (tertiary/aromatic N) is 3. The van der Waals surface area contributed by atoms with Gasteiger partial charge in [0.05, 0.1) is 17.7 Å². The molecule has 0 amide bonds. The Balaban J connectivity index is 2.03. The molecule has 1 aromatic heterocycles. The Morgan fingerprint density at radius 3 is 2.88 bits per heavy atom. The summed E-state index contributed by atoms with van der Waals surface area (Å²) in [5.74, 6) is 0.0603. The molecule has 0 atom stereocenters. The van der Waals surface area contributed by atoms with Gasteiger partial charge in [-0.1, -0.05) is 19.1 Å². The fraction of sp³-hybridized carbons (Fsp3) is 0.375. The number of carboxylic acids is 1. The number of oxazole rings is 1. The molecule has 0 spiro atoms. The van der Waals surface area contributed by atoms with Crippen LogP contribution in [-0.4, -0.2) is 45.5 Å². The van der Waals surface area contributed by atoms with Crippen LogP contribution in [0.5, 0.6) is 0 Å². The fourth-order valence-electron chi connectivity index (χ4n) is 2.36. The van der Waals surface area contributed by atoms with Crippen molar-refractivity contribution < 1.29 is 19.2 Å². The Labute approximate surface area is 138 Å². The number of hydrogen-bond donors (Lipinski definition) is 1. The monoisotopic (exact) mass is 333 g/mol. The molecule has 1 aromatic carbocycles. The predicted molar refractivity (Wildman–Crippen MR) is 86.7 cm³/mol. The van der Waals surface area contributed by atoms with Crippen LogP contribution in [0.2, 0.25) is 0 Å². The van der Waals surface area contributed by atoms with E-state index in [1.54, 1.807) is 12.1 Å². The molecule has 0 radical (unpaired) electrons. The van der Waals surface area contributed by atoms with E-state index in [0.717, 1.165) is 6.42 Å². The minimum absolute atomic E-state index is 0.0129. The van der Waals surface area contributed by atoms with Gasteiger partial charge in [-0.05, 0) is 13.0 Å². The first-order valence-electron chi connectivity index (χ1n) is 7.63. The van der Waals surface area contributed by atoms with E-state index in [1.807, 2.05) is 11.8 Å². The molecular formula is C16H19N3O5. The highest BCUT2D eigenvalue weighted by molar-refractivity contribution is 5.69. The zero-order chi connectivity index (χ0) is 17.5. The first-order valence-corrected chi connectivity index (χ1v) is 7.63. The number of aliphatic carboxylic acids is 1. The Hall–Kier alpha value is -2.74. The molecule has 128 valence electrons. The van der Waals surface area contributed by atoms with Crippen molar-refractivity contribution in [2.45, 2.75) is 19.8 Å². The lowest BCUT2D eigenvalue weighted by Crippen LogP contribution is -2.32. The molecule has 0 aliphatic heterocycles. The van der Waals surface area contributed by atoms with Crippen LogP contribution >= 0.6 is 0 Å². The second-order valence-electron chi connectivity index (χ2n) is 5.35. The van der Waals surface area contributed by atoms with E-state index in [4.69, 9.17) is 9.52 Å². The third-order valence-electron chi connectivity index (χ3n) is 3.44. The number of hydrogen-bond acceptors (Lipinski definition) is 6. The van der Waals surface area contributed by atoms with Crippen molar-refractivity contribution in [3.05, 3.63) is 46.5 Å². The van der Waals surface area contributed by atoms with Crippen molar-refractivity contribution in [3.63, 3.8) is 0 Å². The van der Waals surface area contributed by atoms with Gasteiger partial charge < -0.3 is 9.52 Å². The maximum atomic E-state index is 10.8. The van der Waals surface area contributed by atoms with Crippen molar-refractivity contribution in [2.24, 2.45) is 0 Å². The molecule has 0 unspecified atom stereocenters. The summed E-state index contributed by atoms with van der Waals surface area (Å²) in [6.45, 7) is 3.17. The van der Waals surface area contributed by atoms with Gasteiger partial charge in [0.1, 0.15) is 0 Å². The predicted octanol–water partition coefficient (Wildman–Crippen LogP) is 2.59. The molecule has 1 N–H and O–H groups in total. The molecular weight excluding hydrogens is 314 g/mol.